The zero-order chi connectivity index (χ0) is 19.0. The molecule has 0 aromatic heterocycles. The van der Waals surface area contributed by atoms with Gasteiger partial charge in [0.15, 0.2) is 0 Å². The average molecular weight is 351 g/mol. The monoisotopic (exact) mass is 351 g/mol. The lowest BCUT2D eigenvalue weighted by atomic mass is 9.79. The van der Waals surface area contributed by atoms with Crippen molar-refractivity contribution in [3.63, 3.8) is 0 Å². The fourth-order valence-electron chi connectivity index (χ4n) is 2.29. The summed E-state index contributed by atoms with van der Waals surface area (Å²) in [7, 11) is -0.626. The Hall–Kier alpha value is -1.60. The summed E-state index contributed by atoms with van der Waals surface area (Å²) in [6.45, 7) is 13.2. The lowest BCUT2D eigenvalue weighted by Crippen LogP contribution is -2.41. The highest BCUT2D eigenvalue weighted by Crippen LogP contribution is 2.36. The van der Waals surface area contributed by atoms with E-state index in [4.69, 9.17) is 14.0 Å². The first-order chi connectivity index (χ1) is 11.3. The molecule has 0 aliphatic carbocycles. The predicted octanol–water partition coefficient (Wildman–Crippen LogP) is 3.15. The predicted molar refractivity (Wildman–Crippen MR) is 95.2 cm³/mol. The number of alkyl carbamates (subject to hydrolysis) is 1. The van der Waals surface area contributed by atoms with Gasteiger partial charge < -0.3 is 19.4 Å². The molecule has 0 atom stereocenters. The van der Waals surface area contributed by atoms with Crippen molar-refractivity contribution in [1.29, 1.82) is 0 Å². The lowest BCUT2D eigenvalue weighted by molar-refractivity contribution is 0.00578. The summed E-state index contributed by atoms with van der Waals surface area (Å²) < 4.78 is 31.2. The van der Waals surface area contributed by atoms with Crippen LogP contribution < -0.4 is 10.8 Å². The lowest BCUT2D eigenvalue weighted by Gasteiger charge is -2.32. The van der Waals surface area contributed by atoms with Crippen LogP contribution in [0.5, 0.6) is 0 Å². The third kappa shape index (κ3) is 4.73. The molecular weight excluding hydrogens is 324 g/mol. The molecule has 0 radical (unpaired) electrons. The van der Waals surface area contributed by atoms with Crippen molar-refractivity contribution < 1.29 is 23.2 Å². The second-order valence-corrected chi connectivity index (χ2v) is 8.39. The fourth-order valence-corrected chi connectivity index (χ4v) is 2.29. The number of amides is 1. The van der Waals surface area contributed by atoms with E-state index in [0.717, 1.165) is 0 Å². The maximum atomic E-state index is 14.4. The number of carbonyl (C=O) groups excluding carboxylic acids is 1. The van der Waals surface area contributed by atoms with Crippen molar-refractivity contribution in [1.82, 2.24) is 5.32 Å². The van der Waals surface area contributed by atoms with Crippen molar-refractivity contribution >= 4 is 18.7 Å². The summed E-state index contributed by atoms with van der Waals surface area (Å²) >= 11 is 0. The van der Waals surface area contributed by atoms with Gasteiger partial charge in [0, 0.05) is 11.1 Å². The molecule has 1 aliphatic rings. The van der Waals surface area contributed by atoms with Gasteiger partial charge in [0.25, 0.3) is 0 Å². The van der Waals surface area contributed by atoms with Crippen molar-refractivity contribution in [3.8, 4) is 0 Å². The molecule has 0 saturated carbocycles. The van der Waals surface area contributed by atoms with E-state index in [1.54, 1.807) is 12.1 Å². The van der Waals surface area contributed by atoms with Crippen LogP contribution in [0, 0.1) is 5.82 Å². The molecule has 25 heavy (non-hydrogen) atoms. The van der Waals surface area contributed by atoms with Gasteiger partial charge in [-0.05, 0) is 60.0 Å². The molecule has 0 bridgehead atoms. The first-order valence-corrected chi connectivity index (χ1v) is 8.40. The molecule has 2 rings (SSSR count). The summed E-state index contributed by atoms with van der Waals surface area (Å²) in [6.07, 6.45) is -0.582. The molecule has 0 unspecified atom stereocenters. The Labute approximate surface area is 149 Å². The minimum Gasteiger partial charge on any atom is -0.445 e. The van der Waals surface area contributed by atoms with Crippen LogP contribution in [-0.2, 0) is 20.7 Å². The zero-order valence-corrected chi connectivity index (χ0v) is 16.0. The first-order valence-electron chi connectivity index (χ1n) is 8.40. The molecule has 5 nitrogen and oxygen atoms in total. The van der Waals surface area contributed by atoms with E-state index in [0.29, 0.717) is 11.0 Å². The fraction of sp³-hybridized carbons (Fsp3) is 0.611. The Balaban J connectivity index is 2.03. The van der Waals surface area contributed by atoms with Gasteiger partial charge in [-0.3, -0.25) is 0 Å². The van der Waals surface area contributed by atoms with Gasteiger partial charge in [-0.15, -0.1) is 0 Å². The van der Waals surface area contributed by atoms with Crippen LogP contribution in [-0.4, -0.2) is 30.0 Å². The van der Waals surface area contributed by atoms with Crippen LogP contribution in [0.3, 0.4) is 0 Å². The van der Waals surface area contributed by atoms with Gasteiger partial charge in [-0.1, -0.05) is 12.1 Å². The minimum absolute atomic E-state index is 0.141. The first kappa shape index (κ1) is 19.7. The van der Waals surface area contributed by atoms with Crippen LogP contribution >= 0.6 is 0 Å². The number of hydrogen-bond acceptors (Lipinski definition) is 4. The van der Waals surface area contributed by atoms with Gasteiger partial charge in [0.1, 0.15) is 12.4 Å². The van der Waals surface area contributed by atoms with E-state index in [-0.39, 0.29) is 6.61 Å². The number of rotatable bonds is 3. The number of halogens is 1. The normalized spacial score (nSPS) is 19.0. The van der Waals surface area contributed by atoms with Crippen LogP contribution in [0.2, 0.25) is 0 Å². The van der Waals surface area contributed by atoms with E-state index in [2.05, 4.69) is 5.32 Å². The molecule has 1 heterocycles. The molecule has 7 heteroatoms. The van der Waals surface area contributed by atoms with Gasteiger partial charge in [0.05, 0.1) is 11.2 Å². The highest BCUT2D eigenvalue weighted by Gasteiger charge is 2.51. The molecular formula is C18H27BFNO4. The van der Waals surface area contributed by atoms with E-state index < -0.39 is 35.8 Å². The van der Waals surface area contributed by atoms with Crippen molar-refractivity contribution in [2.75, 3.05) is 0 Å². The molecule has 1 aromatic carbocycles. The van der Waals surface area contributed by atoms with Gasteiger partial charge >= 0.3 is 13.2 Å². The Morgan fingerprint density at radius 2 is 1.76 bits per heavy atom. The standard InChI is InChI=1S/C18H27BFNO4/c1-16(2,3)21-15(22)23-11-12-8-9-13(10-14(12)20)19-24-17(4,5)18(6,7)25-19/h8-10H,11H2,1-7H3,(H,21,22). The summed E-state index contributed by atoms with van der Waals surface area (Å²) in [4.78, 5) is 11.7. The van der Waals surface area contributed by atoms with Gasteiger partial charge in [0.2, 0.25) is 0 Å². The van der Waals surface area contributed by atoms with E-state index in [9.17, 15) is 9.18 Å². The Bertz CT molecular complexity index is 639. The molecule has 0 spiro atoms. The quantitative estimate of drug-likeness (QED) is 0.850. The maximum Gasteiger partial charge on any atom is 0.494 e. The van der Waals surface area contributed by atoms with Crippen LogP contribution in [0.15, 0.2) is 18.2 Å². The van der Waals surface area contributed by atoms with Crippen molar-refractivity contribution in [2.24, 2.45) is 0 Å². The molecule has 1 N–H and O–H groups in total. The van der Waals surface area contributed by atoms with E-state index in [1.807, 2.05) is 48.5 Å². The van der Waals surface area contributed by atoms with Crippen LogP contribution in [0.4, 0.5) is 9.18 Å². The maximum absolute atomic E-state index is 14.4. The molecule has 1 fully saturated rings. The topological polar surface area (TPSA) is 56.8 Å². The highest BCUT2D eigenvalue weighted by atomic mass is 19.1. The SMILES string of the molecule is CC(C)(C)NC(=O)OCc1ccc(B2OC(C)(C)C(C)(C)O2)cc1F. The molecule has 1 saturated heterocycles. The van der Waals surface area contributed by atoms with E-state index >= 15 is 0 Å². The minimum atomic E-state index is -0.626. The third-order valence-corrected chi connectivity index (χ3v) is 4.44. The van der Waals surface area contributed by atoms with Crippen LogP contribution in [0.25, 0.3) is 0 Å². The van der Waals surface area contributed by atoms with Gasteiger partial charge in [-0.2, -0.15) is 0 Å². The molecule has 1 amide bonds. The number of nitrogens with one attached hydrogen (secondary N) is 1. The largest absolute Gasteiger partial charge is 0.494 e. The number of carbonyl (C=O) groups is 1. The molecule has 1 aliphatic heterocycles. The van der Waals surface area contributed by atoms with E-state index in [1.165, 1.54) is 6.07 Å². The average Bonchev–Trinajstić information content (AvgIpc) is 2.64. The van der Waals surface area contributed by atoms with Crippen LogP contribution in [0.1, 0.15) is 54.0 Å². The summed E-state index contributed by atoms with van der Waals surface area (Å²) in [5, 5.41) is 2.66. The van der Waals surface area contributed by atoms with Crippen molar-refractivity contribution in [3.05, 3.63) is 29.6 Å². The number of hydrogen-bond donors (Lipinski definition) is 1. The summed E-state index contributed by atoms with van der Waals surface area (Å²) in [5.41, 5.74) is -0.485. The smallest absolute Gasteiger partial charge is 0.445 e. The number of ether oxygens (including phenoxy) is 1. The Kier molecular flexibility index (Phi) is 5.22. The summed E-state index contributed by atoms with van der Waals surface area (Å²) in [5.74, 6) is -0.462. The Morgan fingerprint density at radius 1 is 1.20 bits per heavy atom. The Morgan fingerprint density at radius 3 is 2.24 bits per heavy atom. The molecule has 1 aromatic rings. The van der Waals surface area contributed by atoms with Crippen molar-refractivity contribution in [2.45, 2.75) is 71.8 Å². The highest BCUT2D eigenvalue weighted by molar-refractivity contribution is 6.62. The second-order valence-electron chi connectivity index (χ2n) is 8.39. The third-order valence-electron chi connectivity index (χ3n) is 4.44. The molecule has 138 valence electrons. The number of benzene rings is 1. The van der Waals surface area contributed by atoms with Gasteiger partial charge in [-0.25, -0.2) is 9.18 Å². The summed E-state index contributed by atoms with van der Waals surface area (Å²) in [6, 6.07) is 4.67. The zero-order valence-electron chi connectivity index (χ0n) is 16.0. The second kappa shape index (κ2) is 6.61.